The largest absolute Gasteiger partial charge is 0.493 e. The molecule has 2 fully saturated rings. The molecule has 38 heavy (non-hydrogen) atoms. The summed E-state index contributed by atoms with van der Waals surface area (Å²) in [4.78, 5) is 19.0. The number of nitrogens with zero attached hydrogens (tertiary/aromatic N) is 3. The van der Waals surface area contributed by atoms with Gasteiger partial charge >= 0.3 is 0 Å². The molecule has 1 saturated carbocycles. The van der Waals surface area contributed by atoms with Gasteiger partial charge in [-0.1, -0.05) is 28.9 Å². The van der Waals surface area contributed by atoms with Crippen molar-refractivity contribution in [3.05, 3.63) is 64.3 Å². The summed E-state index contributed by atoms with van der Waals surface area (Å²) in [6.07, 6.45) is 4.47. The Bertz CT molecular complexity index is 1440. The molecular formula is C26H28ClFN4O5S. The molecule has 0 bridgehead atoms. The second kappa shape index (κ2) is 11.0. The number of hydrogen-bond donors (Lipinski definition) is 1. The first-order valence-electron chi connectivity index (χ1n) is 12.4. The summed E-state index contributed by atoms with van der Waals surface area (Å²) >= 11 is 6.23. The van der Waals surface area contributed by atoms with Gasteiger partial charge in [-0.3, -0.25) is 9.69 Å². The van der Waals surface area contributed by atoms with E-state index in [2.05, 4.69) is 15.0 Å². The maximum Gasteiger partial charge on any atom is 0.267 e. The van der Waals surface area contributed by atoms with Crippen LogP contribution in [0, 0.1) is 11.7 Å². The summed E-state index contributed by atoms with van der Waals surface area (Å²) in [6, 6.07) is 9.97. The molecule has 1 aliphatic heterocycles. The zero-order valence-electron chi connectivity index (χ0n) is 20.8. The van der Waals surface area contributed by atoms with Crippen molar-refractivity contribution in [1.82, 2.24) is 19.8 Å². The van der Waals surface area contributed by atoms with Crippen LogP contribution >= 0.6 is 11.6 Å². The molecule has 2 aliphatic rings. The molecular weight excluding hydrogens is 535 g/mol. The number of nitrogens with one attached hydrogen (secondary N) is 1. The standard InChI is InChI=1S/C26H28ClFN4O5S/c1-38(34,35)31-26(33)20-12-19(17-6-7-17)23(13-22(20)28)36-15-16-8-10-32(11-9-16)14-24-29-25(30-37-24)18-4-2-3-5-21(18)27/h2-5,12-13,16-17H,6-11,14-15H2,1H3,(H,31,33). The van der Waals surface area contributed by atoms with Crippen molar-refractivity contribution >= 4 is 27.5 Å². The normalized spacial score (nSPS) is 16.9. The van der Waals surface area contributed by atoms with E-state index in [1.54, 1.807) is 6.07 Å². The minimum atomic E-state index is -3.80. The number of benzene rings is 2. The first-order valence-corrected chi connectivity index (χ1v) is 14.7. The Labute approximate surface area is 225 Å². The van der Waals surface area contributed by atoms with E-state index in [4.69, 9.17) is 20.9 Å². The van der Waals surface area contributed by atoms with E-state index in [1.165, 1.54) is 12.1 Å². The molecule has 0 atom stereocenters. The molecule has 0 spiro atoms. The monoisotopic (exact) mass is 562 g/mol. The second-order valence-electron chi connectivity index (χ2n) is 9.87. The van der Waals surface area contributed by atoms with Crippen LogP contribution in [0.1, 0.15) is 53.4 Å². The average molecular weight is 563 g/mol. The van der Waals surface area contributed by atoms with Gasteiger partial charge in [0.25, 0.3) is 5.91 Å². The van der Waals surface area contributed by atoms with Crippen molar-refractivity contribution < 1.29 is 26.9 Å². The van der Waals surface area contributed by atoms with Crippen LogP contribution in [0.15, 0.2) is 40.9 Å². The summed E-state index contributed by atoms with van der Waals surface area (Å²) in [5.74, 6) is 0.0910. The van der Waals surface area contributed by atoms with Crippen molar-refractivity contribution in [2.75, 3.05) is 26.0 Å². The number of hydrogen-bond acceptors (Lipinski definition) is 8. The highest BCUT2D eigenvalue weighted by Crippen LogP contribution is 2.45. The lowest BCUT2D eigenvalue weighted by Crippen LogP contribution is -2.35. The molecule has 0 radical (unpaired) electrons. The van der Waals surface area contributed by atoms with Gasteiger partial charge in [0.15, 0.2) is 0 Å². The Morgan fingerprint density at radius 1 is 1.21 bits per heavy atom. The number of piperidine rings is 1. The number of carbonyl (C=O) groups excluding carboxylic acids is 1. The highest BCUT2D eigenvalue weighted by atomic mass is 35.5. The first kappa shape index (κ1) is 26.6. The predicted octanol–water partition coefficient (Wildman–Crippen LogP) is 4.39. The number of ether oxygens (including phenoxy) is 1. The van der Waals surface area contributed by atoms with E-state index in [0.717, 1.165) is 56.2 Å². The third-order valence-electron chi connectivity index (χ3n) is 6.76. The van der Waals surface area contributed by atoms with Crippen molar-refractivity contribution in [2.24, 2.45) is 5.92 Å². The number of sulfonamides is 1. The number of carbonyl (C=O) groups is 1. The quantitative estimate of drug-likeness (QED) is 0.408. The van der Waals surface area contributed by atoms with Gasteiger partial charge in [-0.25, -0.2) is 17.5 Å². The minimum Gasteiger partial charge on any atom is -0.493 e. The van der Waals surface area contributed by atoms with Crippen LogP contribution in [0.5, 0.6) is 5.75 Å². The van der Waals surface area contributed by atoms with Crippen molar-refractivity contribution in [2.45, 2.75) is 38.1 Å². The van der Waals surface area contributed by atoms with Crippen LogP contribution in [0.3, 0.4) is 0 Å². The van der Waals surface area contributed by atoms with E-state index in [1.807, 2.05) is 22.9 Å². The molecule has 9 nitrogen and oxygen atoms in total. The van der Waals surface area contributed by atoms with Gasteiger partial charge < -0.3 is 9.26 Å². The van der Waals surface area contributed by atoms with Gasteiger partial charge in [-0.15, -0.1) is 0 Å². The van der Waals surface area contributed by atoms with Crippen molar-refractivity contribution in [3.63, 3.8) is 0 Å². The Kier molecular flexibility index (Phi) is 7.69. The van der Waals surface area contributed by atoms with Gasteiger partial charge in [0.05, 0.1) is 30.0 Å². The van der Waals surface area contributed by atoms with Crippen LogP contribution in [-0.2, 0) is 16.6 Å². The van der Waals surface area contributed by atoms with Crippen molar-refractivity contribution in [1.29, 1.82) is 0 Å². The molecule has 1 amide bonds. The van der Waals surface area contributed by atoms with E-state index in [9.17, 15) is 17.6 Å². The third-order valence-corrected chi connectivity index (χ3v) is 7.65. The maximum atomic E-state index is 14.7. The molecule has 0 unspecified atom stereocenters. The fraction of sp³-hybridized carbons (Fsp3) is 0.423. The van der Waals surface area contributed by atoms with Crippen LogP contribution in [0.2, 0.25) is 5.02 Å². The number of amides is 1. The molecule has 1 aromatic heterocycles. The average Bonchev–Trinajstić information content (AvgIpc) is 3.61. The van der Waals surface area contributed by atoms with E-state index in [0.29, 0.717) is 35.6 Å². The molecule has 2 aromatic carbocycles. The Morgan fingerprint density at radius 3 is 2.63 bits per heavy atom. The van der Waals surface area contributed by atoms with Gasteiger partial charge in [-0.2, -0.15) is 4.98 Å². The Balaban J connectivity index is 1.16. The fourth-order valence-electron chi connectivity index (χ4n) is 4.59. The minimum absolute atomic E-state index is 0.183. The van der Waals surface area contributed by atoms with Gasteiger partial charge in [0, 0.05) is 11.6 Å². The smallest absolute Gasteiger partial charge is 0.267 e. The maximum absolute atomic E-state index is 14.7. The van der Waals surface area contributed by atoms with Crippen molar-refractivity contribution in [3.8, 4) is 17.1 Å². The third kappa shape index (κ3) is 6.51. The molecule has 12 heteroatoms. The second-order valence-corrected chi connectivity index (χ2v) is 12.0. The highest BCUT2D eigenvalue weighted by molar-refractivity contribution is 7.89. The summed E-state index contributed by atoms with van der Waals surface area (Å²) < 4.78 is 50.8. The van der Waals surface area contributed by atoms with E-state index >= 15 is 0 Å². The number of aromatic nitrogens is 2. The lowest BCUT2D eigenvalue weighted by Gasteiger charge is -2.31. The lowest BCUT2D eigenvalue weighted by atomic mass is 9.97. The van der Waals surface area contributed by atoms with Crippen LogP contribution in [0.4, 0.5) is 4.39 Å². The molecule has 3 aromatic rings. The Hall–Kier alpha value is -3.02. The first-order chi connectivity index (χ1) is 18.2. The van der Waals surface area contributed by atoms with E-state index < -0.39 is 21.7 Å². The highest BCUT2D eigenvalue weighted by Gasteiger charge is 2.30. The summed E-state index contributed by atoms with van der Waals surface area (Å²) in [6.45, 7) is 2.62. The van der Waals surface area contributed by atoms with Crippen LogP contribution in [0.25, 0.3) is 11.4 Å². The van der Waals surface area contributed by atoms with Gasteiger partial charge in [-0.05, 0) is 74.4 Å². The summed E-state index contributed by atoms with van der Waals surface area (Å²) in [5, 5.41) is 4.62. The predicted molar refractivity (Wildman–Crippen MR) is 139 cm³/mol. The summed E-state index contributed by atoms with van der Waals surface area (Å²) in [5.41, 5.74) is 1.18. The molecule has 5 rings (SSSR count). The number of rotatable bonds is 9. The van der Waals surface area contributed by atoms with Crippen LogP contribution in [-0.4, -0.2) is 55.3 Å². The number of halogens is 2. The molecule has 202 valence electrons. The summed E-state index contributed by atoms with van der Waals surface area (Å²) in [7, 11) is -3.80. The molecule has 1 aliphatic carbocycles. The topological polar surface area (TPSA) is 115 Å². The van der Waals surface area contributed by atoms with Gasteiger partial charge in [0.2, 0.25) is 21.7 Å². The molecule has 1 saturated heterocycles. The van der Waals surface area contributed by atoms with Gasteiger partial charge in [0.1, 0.15) is 11.6 Å². The lowest BCUT2D eigenvalue weighted by molar-refractivity contribution is 0.0977. The van der Waals surface area contributed by atoms with Crippen LogP contribution < -0.4 is 9.46 Å². The zero-order valence-corrected chi connectivity index (χ0v) is 22.4. The Morgan fingerprint density at radius 2 is 1.95 bits per heavy atom. The fourth-order valence-corrected chi connectivity index (χ4v) is 5.26. The SMILES string of the molecule is CS(=O)(=O)NC(=O)c1cc(C2CC2)c(OCC2CCN(Cc3nc(-c4ccccc4Cl)no3)CC2)cc1F. The van der Waals surface area contributed by atoms with E-state index in [-0.39, 0.29) is 17.4 Å². The molecule has 1 N–H and O–H groups in total. The number of likely N-dealkylation sites (tertiary alicyclic amines) is 1. The molecule has 2 heterocycles. The zero-order chi connectivity index (χ0) is 26.9.